The Kier molecular flexibility index (Phi) is 10.8. The van der Waals surface area contributed by atoms with Gasteiger partial charge in [0.15, 0.2) is 0 Å². The first-order chi connectivity index (χ1) is 15.3. The van der Waals surface area contributed by atoms with E-state index in [9.17, 15) is 0 Å². The fourth-order valence-electron chi connectivity index (χ4n) is 2.67. The van der Waals surface area contributed by atoms with Crippen LogP contribution in [0.3, 0.4) is 0 Å². The Morgan fingerprint density at radius 3 is 1.97 bits per heavy atom. The molecule has 6 nitrogen and oxygen atoms in total. The van der Waals surface area contributed by atoms with Crippen molar-refractivity contribution in [2.24, 2.45) is 0 Å². The first-order valence-electron chi connectivity index (χ1n) is 9.98. The normalized spacial score (nSPS) is 11.2. The molecule has 3 aromatic heterocycles. The second-order valence-electron chi connectivity index (χ2n) is 6.30. The van der Waals surface area contributed by atoms with Crippen LogP contribution < -0.4 is 9.47 Å². The monoisotopic (exact) mass is 484 g/mol. The fraction of sp³-hybridized carbons (Fsp3) is 0.455. The molecule has 3 rings (SSSR count). The van der Waals surface area contributed by atoms with Crippen LogP contribution in [0.25, 0.3) is 19.5 Å². The molecule has 0 bridgehead atoms. The molecule has 0 saturated carbocycles. The molecule has 0 atom stereocenters. The maximum atomic E-state index is 6.11. The summed E-state index contributed by atoms with van der Waals surface area (Å²) >= 11 is 5.09. The molecule has 0 N–H and O–H groups in total. The Morgan fingerprint density at radius 2 is 1.32 bits per heavy atom. The van der Waals surface area contributed by atoms with Crippen LogP contribution in [-0.2, 0) is 18.9 Å². The van der Waals surface area contributed by atoms with Crippen LogP contribution in [0, 0.1) is 0 Å². The molecule has 0 unspecified atom stereocenters. The fourth-order valence-corrected chi connectivity index (χ4v) is 5.59. The zero-order valence-electron chi connectivity index (χ0n) is 17.8. The molecule has 9 heteroatoms. The van der Waals surface area contributed by atoms with Crippen LogP contribution in [0.1, 0.15) is 0 Å². The lowest BCUT2D eigenvalue weighted by atomic mass is 10.3. The lowest BCUT2D eigenvalue weighted by Crippen LogP contribution is -2.10. The van der Waals surface area contributed by atoms with Gasteiger partial charge in [0.1, 0.15) is 24.7 Å². The molecular formula is C22H28O6S3. The summed E-state index contributed by atoms with van der Waals surface area (Å²) in [5, 5.41) is 4.13. The van der Waals surface area contributed by atoms with Gasteiger partial charge >= 0.3 is 0 Å². The quantitative estimate of drug-likeness (QED) is 0.258. The van der Waals surface area contributed by atoms with Gasteiger partial charge in [0.2, 0.25) is 0 Å². The van der Waals surface area contributed by atoms with E-state index in [1.807, 2.05) is 11.4 Å². The highest BCUT2D eigenvalue weighted by molar-refractivity contribution is 7.26. The van der Waals surface area contributed by atoms with E-state index in [2.05, 4.69) is 23.6 Å². The lowest BCUT2D eigenvalue weighted by Gasteiger charge is -2.10. The van der Waals surface area contributed by atoms with E-state index < -0.39 is 0 Å². The van der Waals surface area contributed by atoms with Crippen molar-refractivity contribution in [1.29, 1.82) is 0 Å². The highest BCUT2D eigenvalue weighted by Crippen LogP contribution is 2.49. The summed E-state index contributed by atoms with van der Waals surface area (Å²) in [7, 11) is 3.32. The average molecular weight is 485 g/mol. The zero-order chi connectivity index (χ0) is 21.7. The minimum absolute atomic E-state index is 0.478. The van der Waals surface area contributed by atoms with Crippen LogP contribution in [0.15, 0.2) is 35.0 Å². The molecule has 31 heavy (non-hydrogen) atoms. The molecule has 0 aliphatic rings. The van der Waals surface area contributed by atoms with E-state index in [1.54, 1.807) is 48.2 Å². The van der Waals surface area contributed by atoms with Crippen molar-refractivity contribution in [3.8, 4) is 31.0 Å². The van der Waals surface area contributed by atoms with E-state index in [0.29, 0.717) is 52.9 Å². The summed E-state index contributed by atoms with van der Waals surface area (Å²) in [6.45, 7) is 4.29. The minimum atomic E-state index is 0.478. The number of methoxy groups -OCH3 is 2. The largest absolute Gasteiger partial charge is 0.490 e. The van der Waals surface area contributed by atoms with Crippen molar-refractivity contribution in [3.63, 3.8) is 0 Å². The first kappa shape index (κ1) is 24.2. The third kappa shape index (κ3) is 7.57. The van der Waals surface area contributed by atoms with Gasteiger partial charge in [-0.3, -0.25) is 0 Å². The standard InChI is InChI=1S/C22H28O6S3/c1-23-6-8-25-10-12-27-17-5-15-30-21(17)22-18(28-13-11-26-9-7-24-2)16-20(31-22)19-4-3-14-29-19/h3-5,14-16H,6-13H2,1-2H3. The van der Waals surface area contributed by atoms with Crippen LogP contribution in [0.4, 0.5) is 0 Å². The predicted molar refractivity (Wildman–Crippen MR) is 127 cm³/mol. The first-order valence-corrected chi connectivity index (χ1v) is 12.6. The molecule has 0 aliphatic heterocycles. The molecule has 0 amide bonds. The van der Waals surface area contributed by atoms with Gasteiger partial charge in [0.05, 0.1) is 49.4 Å². The van der Waals surface area contributed by atoms with E-state index >= 15 is 0 Å². The number of ether oxygens (including phenoxy) is 6. The van der Waals surface area contributed by atoms with E-state index in [1.165, 1.54) is 9.75 Å². The topological polar surface area (TPSA) is 55.4 Å². The maximum Gasteiger partial charge on any atom is 0.139 e. The number of hydrogen-bond acceptors (Lipinski definition) is 9. The molecule has 0 radical (unpaired) electrons. The molecule has 0 aromatic carbocycles. The van der Waals surface area contributed by atoms with Gasteiger partial charge in [-0.25, -0.2) is 0 Å². The summed E-state index contributed by atoms with van der Waals surface area (Å²) in [6.07, 6.45) is 0. The Labute approximate surface area is 195 Å². The van der Waals surface area contributed by atoms with E-state index in [4.69, 9.17) is 28.4 Å². The van der Waals surface area contributed by atoms with Gasteiger partial charge in [-0.05, 0) is 22.9 Å². The van der Waals surface area contributed by atoms with Gasteiger partial charge < -0.3 is 28.4 Å². The summed E-state index contributed by atoms with van der Waals surface area (Å²) in [5.74, 6) is 1.70. The Bertz CT molecular complexity index is 859. The van der Waals surface area contributed by atoms with Gasteiger partial charge in [-0.2, -0.15) is 0 Å². The number of thiophene rings is 3. The second kappa shape index (κ2) is 13.8. The Morgan fingerprint density at radius 1 is 0.645 bits per heavy atom. The molecule has 170 valence electrons. The third-order valence-corrected chi connectivity index (χ3v) is 7.37. The SMILES string of the molecule is COCCOCCOc1ccsc1-c1sc(-c2cccs2)cc1OCCOCCOC. The predicted octanol–water partition coefficient (Wildman–Crippen LogP) is 5.29. The zero-order valence-corrected chi connectivity index (χ0v) is 20.2. The van der Waals surface area contributed by atoms with Crippen molar-refractivity contribution >= 4 is 34.0 Å². The van der Waals surface area contributed by atoms with Gasteiger partial charge in [0, 0.05) is 30.0 Å². The molecular weight excluding hydrogens is 456 g/mol. The van der Waals surface area contributed by atoms with E-state index in [0.717, 1.165) is 21.3 Å². The van der Waals surface area contributed by atoms with Crippen molar-refractivity contribution in [3.05, 3.63) is 35.0 Å². The van der Waals surface area contributed by atoms with Crippen LogP contribution in [-0.4, -0.2) is 67.1 Å². The Hall–Kier alpha value is -1.46. The number of hydrogen-bond donors (Lipinski definition) is 0. The maximum absolute atomic E-state index is 6.11. The highest BCUT2D eigenvalue weighted by Gasteiger charge is 2.19. The molecule has 0 fully saturated rings. The van der Waals surface area contributed by atoms with Crippen molar-refractivity contribution < 1.29 is 28.4 Å². The van der Waals surface area contributed by atoms with Crippen molar-refractivity contribution in [2.75, 3.05) is 67.1 Å². The van der Waals surface area contributed by atoms with Crippen LogP contribution >= 0.6 is 34.0 Å². The summed E-state index contributed by atoms with van der Waals surface area (Å²) in [6, 6.07) is 8.30. The van der Waals surface area contributed by atoms with Crippen molar-refractivity contribution in [1.82, 2.24) is 0 Å². The highest BCUT2D eigenvalue weighted by atomic mass is 32.1. The molecule has 0 saturated heterocycles. The summed E-state index contributed by atoms with van der Waals surface area (Å²) < 4.78 is 33.1. The molecule has 0 spiro atoms. The third-order valence-electron chi connectivity index (χ3n) is 4.13. The Balaban J connectivity index is 1.67. The smallest absolute Gasteiger partial charge is 0.139 e. The van der Waals surface area contributed by atoms with E-state index in [-0.39, 0.29) is 0 Å². The summed E-state index contributed by atoms with van der Waals surface area (Å²) in [5.41, 5.74) is 0. The minimum Gasteiger partial charge on any atom is -0.490 e. The summed E-state index contributed by atoms with van der Waals surface area (Å²) in [4.78, 5) is 4.55. The van der Waals surface area contributed by atoms with Gasteiger partial charge in [-0.15, -0.1) is 34.0 Å². The second-order valence-corrected chi connectivity index (χ2v) is 9.22. The molecule has 3 aromatic rings. The van der Waals surface area contributed by atoms with Gasteiger partial charge in [-0.1, -0.05) is 6.07 Å². The van der Waals surface area contributed by atoms with Crippen molar-refractivity contribution in [2.45, 2.75) is 0 Å². The molecule has 0 aliphatic carbocycles. The van der Waals surface area contributed by atoms with Gasteiger partial charge in [0.25, 0.3) is 0 Å². The molecule has 3 heterocycles. The van der Waals surface area contributed by atoms with Crippen LogP contribution in [0.2, 0.25) is 0 Å². The number of rotatable bonds is 16. The van der Waals surface area contributed by atoms with Crippen LogP contribution in [0.5, 0.6) is 11.5 Å². The average Bonchev–Trinajstić information content (AvgIpc) is 3.53. The lowest BCUT2D eigenvalue weighted by molar-refractivity contribution is 0.0543.